The monoisotopic (exact) mass is 253 g/mol. The van der Waals surface area contributed by atoms with E-state index in [9.17, 15) is 9.59 Å². The molecule has 1 aliphatic heterocycles. The molecule has 0 atom stereocenters. The van der Waals surface area contributed by atoms with Crippen LogP contribution in [0.3, 0.4) is 0 Å². The zero-order chi connectivity index (χ0) is 12.5. The standard InChI is InChI=1S/C12H15NO3S/c1-12(11(15)16)3-5-13(6-4-12)10(14)9-2-7-17-8-9/h2,7-8H,3-6H2,1H3,(H,15,16). The number of carbonyl (C=O) groups is 2. The predicted molar refractivity (Wildman–Crippen MR) is 65.2 cm³/mol. The van der Waals surface area contributed by atoms with Gasteiger partial charge in [0.05, 0.1) is 11.0 Å². The van der Waals surface area contributed by atoms with Gasteiger partial charge < -0.3 is 10.0 Å². The number of hydrogen-bond donors (Lipinski definition) is 1. The molecule has 1 saturated heterocycles. The van der Waals surface area contributed by atoms with Crippen molar-refractivity contribution in [3.05, 3.63) is 22.4 Å². The Kier molecular flexibility index (Phi) is 3.19. The molecule has 1 aromatic heterocycles. The Labute approximate surface area is 104 Å². The first kappa shape index (κ1) is 12.1. The van der Waals surface area contributed by atoms with Gasteiger partial charge in [-0.1, -0.05) is 0 Å². The van der Waals surface area contributed by atoms with Gasteiger partial charge >= 0.3 is 5.97 Å². The van der Waals surface area contributed by atoms with Crippen molar-refractivity contribution in [2.45, 2.75) is 19.8 Å². The van der Waals surface area contributed by atoms with Crippen LogP contribution in [0.25, 0.3) is 0 Å². The first-order chi connectivity index (χ1) is 8.03. The van der Waals surface area contributed by atoms with E-state index in [0.29, 0.717) is 31.5 Å². The summed E-state index contributed by atoms with van der Waals surface area (Å²) in [7, 11) is 0. The van der Waals surface area contributed by atoms with Crippen molar-refractivity contribution in [2.24, 2.45) is 5.41 Å². The van der Waals surface area contributed by atoms with Crippen LogP contribution in [0.4, 0.5) is 0 Å². The smallest absolute Gasteiger partial charge is 0.309 e. The number of piperidine rings is 1. The molecule has 5 heteroatoms. The van der Waals surface area contributed by atoms with E-state index in [1.54, 1.807) is 17.9 Å². The van der Waals surface area contributed by atoms with Gasteiger partial charge in [0, 0.05) is 18.5 Å². The maximum atomic E-state index is 12.0. The van der Waals surface area contributed by atoms with Crippen LogP contribution in [0.15, 0.2) is 16.8 Å². The van der Waals surface area contributed by atoms with Crippen molar-refractivity contribution in [3.63, 3.8) is 0 Å². The lowest BCUT2D eigenvalue weighted by atomic mass is 9.80. The maximum absolute atomic E-state index is 12.0. The molecule has 0 bridgehead atoms. The molecule has 0 unspecified atom stereocenters. The number of likely N-dealkylation sites (tertiary alicyclic amines) is 1. The molecule has 1 fully saturated rings. The van der Waals surface area contributed by atoms with E-state index in [0.717, 1.165) is 0 Å². The van der Waals surface area contributed by atoms with Gasteiger partial charge in [0.2, 0.25) is 0 Å². The Morgan fingerprint density at radius 2 is 2.06 bits per heavy atom. The summed E-state index contributed by atoms with van der Waals surface area (Å²) >= 11 is 1.49. The summed E-state index contributed by atoms with van der Waals surface area (Å²) < 4.78 is 0. The Bertz CT molecular complexity index is 419. The Hall–Kier alpha value is -1.36. The second-order valence-electron chi connectivity index (χ2n) is 4.67. The third-order valence-corrected chi connectivity index (χ3v) is 4.12. The quantitative estimate of drug-likeness (QED) is 0.877. The molecule has 0 aliphatic carbocycles. The van der Waals surface area contributed by atoms with Crippen LogP contribution in [0, 0.1) is 5.41 Å². The molecule has 1 aromatic rings. The summed E-state index contributed by atoms with van der Waals surface area (Å²) in [6.07, 6.45) is 1.05. The van der Waals surface area contributed by atoms with Crippen LogP contribution in [-0.4, -0.2) is 35.0 Å². The van der Waals surface area contributed by atoms with Gasteiger partial charge in [-0.2, -0.15) is 11.3 Å². The number of hydrogen-bond acceptors (Lipinski definition) is 3. The molecule has 4 nitrogen and oxygen atoms in total. The van der Waals surface area contributed by atoms with Crippen molar-refractivity contribution in [2.75, 3.05) is 13.1 Å². The normalized spacial score (nSPS) is 19.0. The third kappa shape index (κ3) is 2.34. The molecule has 0 radical (unpaired) electrons. The lowest BCUT2D eigenvalue weighted by Gasteiger charge is -2.36. The van der Waals surface area contributed by atoms with Gasteiger partial charge in [-0.25, -0.2) is 0 Å². The molecular formula is C12H15NO3S. The van der Waals surface area contributed by atoms with Gasteiger partial charge in [0.25, 0.3) is 5.91 Å². The van der Waals surface area contributed by atoms with Gasteiger partial charge in [0.15, 0.2) is 0 Å². The average Bonchev–Trinajstić information content (AvgIpc) is 2.82. The summed E-state index contributed by atoms with van der Waals surface area (Å²) in [6.45, 7) is 2.80. The van der Waals surface area contributed by atoms with Gasteiger partial charge in [-0.3, -0.25) is 9.59 Å². The highest BCUT2D eigenvalue weighted by molar-refractivity contribution is 7.08. The largest absolute Gasteiger partial charge is 0.481 e. The van der Waals surface area contributed by atoms with Crippen molar-refractivity contribution >= 4 is 23.2 Å². The number of thiophene rings is 1. The van der Waals surface area contributed by atoms with Crippen molar-refractivity contribution in [1.82, 2.24) is 4.90 Å². The number of carboxylic acids is 1. The lowest BCUT2D eigenvalue weighted by Crippen LogP contribution is -2.45. The van der Waals surface area contributed by atoms with E-state index < -0.39 is 11.4 Å². The van der Waals surface area contributed by atoms with Gasteiger partial charge in [0.1, 0.15) is 0 Å². The Balaban J connectivity index is 2.00. The molecule has 0 aromatic carbocycles. The minimum absolute atomic E-state index is 0.0127. The van der Waals surface area contributed by atoms with Crippen LogP contribution in [0.1, 0.15) is 30.1 Å². The number of carboxylic acid groups (broad SMARTS) is 1. The van der Waals surface area contributed by atoms with E-state index in [1.807, 2.05) is 10.8 Å². The number of carbonyl (C=O) groups excluding carboxylic acids is 1. The zero-order valence-corrected chi connectivity index (χ0v) is 10.5. The fourth-order valence-corrected chi connectivity index (χ4v) is 2.62. The van der Waals surface area contributed by atoms with Crippen molar-refractivity contribution < 1.29 is 14.7 Å². The van der Waals surface area contributed by atoms with Gasteiger partial charge in [-0.15, -0.1) is 0 Å². The summed E-state index contributed by atoms with van der Waals surface area (Å²) in [4.78, 5) is 24.8. The van der Waals surface area contributed by atoms with Crippen LogP contribution in [0.2, 0.25) is 0 Å². The number of aliphatic carboxylic acids is 1. The highest BCUT2D eigenvalue weighted by atomic mass is 32.1. The molecule has 1 N–H and O–H groups in total. The topological polar surface area (TPSA) is 57.6 Å². The van der Waals surface area contributed by atoms with Crippen LogP contribution in [-0.2, 0) is 4.79 Å². The summed E-state index contributed by atoms with van der Waals surface area (Å²) in [5, 5.41) is 12.8. The molecule has 1 aliphatic rings. The van der Waals surface area contributed by atoms with E-state index in [4.69, 9.17) is 5.11 Å². The summed E-state index contributed by atoms with van der Waals surface area (Å²) in [5.41, 5.74) is 0.0275. The fourth-order valence-electron chi connectivity index (χ4n) is 1.99. The van der Waals surface area contributed by atoms with Crippen LogP contribution >= 0.6 is 11.3 Å². The zero-order valence-electron chi connectivity index (χ0n) is 9.68. The molecule has 1 amide bonds. The highest BCUT2D eigenvalue weighted by Gasteiger charge is 2.38. The first-order valence-electron chi connectivity index (χ1n) is 5.58. The van der Waals surface area contributed by atoms with E-state index in [1.165, 1.54) is 11.3 Å². The molecule has 92 valence electrons. The summed E-state index contributed by atoms with van der Waals surface area (Å²) in [5.74, 6) is -0.751. The maximum Gasteiger partial charge on any atom is 0.309 e. The van der Waals surface area contributed by atoms with E-state index in [2.05, 4.69) is 0 Å². The van der Waals surface area contributed by atoms with E-state index >= 15 is 0 Å². The first-order valence-corrected chi connectivity index (χ1v) is 6.52. The van der Waals surface area contributed by atoms with Crippen molar-refractivity contribution in [3.8, 4) is 0 Å². The second kappa shape index (κ2) is 4.49. The van der Waals surface area contributed by atoms with Gasteiger partial charge in [-0.05, 0) is 31.2 Å². The van der Waals surface area contributed by atoms with Crippen LogP contribution in [0.5, 0.6) is 0 Å². The van der Waals surface area contributed by atoms with Crippen molar-refractivity contribution in [1.29, 1.82) is 0 Å². The molecule has 2 heterocycles. The minimum atomic E-state index is -0.764. The molecule has 2 rings (SSSR count). The highest BCUT2D eigenvalue weighted by Crippen LogP contribution is 2.31. The molecule has 17 heavy (non-hydrogen) atoms. The van der Waals surface area contributed by atoms with E-state index in [-0.39, 0.29) is 5.91 Å². The fraction of sp³-hybridized carbons (Fsp3) is 0.500. The molecule has 0 saturated carbocycles. The van der Waals surface area contributed by atoms with Crippen LogP contribution < -0.4 is 0 Å². The predicted octanol–water partition coefficient (Wildman–Crippen LogP) is 2.08. The average molecular weight is 253 g/mol. The number of rotatable bonds is 2. The lowest BCUT2D eigenvalue weighted by molar-refractivity contribution is -0.150. The third-order valence-electron chi connectivity index (χ3n) is 3.44. The minimum Gasteiger partial charge on any atom is -0.481 e. The summed E-state index contributed by atoms with van der Waals surface area (Å²) in [6, 6.07) is 1.80. The number of nitrogens with zero attached hydrogens (tertiary/aromatic N) is 1. The second-order valence-corrected chi connectivity index (χ2v) is 5.45. The number of amides is 1. The SMILES string of the molecule is CC1(C(=O)O)CCN(C(=O)c2ccsc2)CC1. The molecule has 0 spiro atoms. The Morgan fingerprint density at radius 3 is 2.53 bits per heavy atom. The Morgan fingerprint density at radius 1 is 1.41 bits per heavy atom. The molecular weight excluding hydrogens is 238 g/mol.